The van der Waals surface area contributed by atoms with Gasteiger partial charge in [0.2, 0.25) is 0 Å². The number of rotatable bonds is 5. The van der Waals surface area contributed by atoms with Crippen LogP contribution in [0.1, 0.15) is 16.7 Å². The lowest BCUT2D eigenvalue weighted by Crippen LogP contribution is -2.23. The molecule has 0 bridgehead atoms. The number of benzene rings is 2. The Morgan fingerprint density at radius 2 is 1.47 bits per heavy atom. The first-order valence-electron chi connectivity index (χ1n) is 6.53. The van der Waals surface area contributed by atoms with E-state index >= 15 is 0 Å². The smallest absolute Gasteiger partial charge is 0.0605 e. The minimum absolute atomic E-state index is 0.669. The van der Waals surface area contributed by atoms with E-state index in [2.05, 4.69) is 66.3 Å². The molecule has 0 saturated heterocycles. The van der Waals surface area contributed by atoms with Crippen molar-refractivity contribution in [1.29, 1.82) is 0 Å². The van der Waals surface area contributed by atoms with Gasteiger partial charge in [-0.2, -0.15) is 0 Å². The van der Waals surface area contributed by atoms with Crippen LogP contribution in [0.4, 0.5) is 0 Å². The van der Waals surface area contributed by atoms with Gasteiger partial charge in [0.1, 0.15) is 0 Å². The molecule has 2 rings (SSSR count). The molecule has 0 saturated carbocycles. The molecule has 0 aromatic heterocycles. The average Bonchev–Trinajstić information content (AvgIpc) is 2.43. The molecule has 0 unspecified atom stereocenters. The Hall–Kier alpha value is -2.04. The summed E-state index contributed by atoms with van der Waals surface area (Å²) in [6.45, 7) is 4.55. The van der Waals surface area contributed by atoms with Crippen molar-refractivity contribution in [2.75, 3.05) is 6.54 Å². The summed E-state index contributed by atoms with van der Waals surface area (Å²) in [5.74, 6) is 2.75. The van der Waals surface area contributed by atoms with Crippen LogP contribution < -0.4 is 0 Å². The number of aryl methyl sites for hydroxylation is 1. The van der Waals surface area contributed by atoms with Gasteiger partial charge in [-0.3, -0.25) is 4.90 Å². The zero-order chi connectivity index (χ0) is 13.5. The van der Waals surface area contributed by atoms with Crippen molar-refractivity contribution >= 4 is 0 Å². The van der Waals surface area contributed by atoms with Crippen molar-refractivity contribution in [2.45, 2.75) is 20.0 Å². The molecular weight excluding hydrogens is 230 g/mol. The highest BCUT2D eigenvalue weighted by molar-refractivity contribution is 5.22. The predicted molar refractivity (Wildman–Crippen MR) is 80.6 cm³/mol. The molecule has 0 radical (unpaired) electrons. The summed E-state index contributed by atoms with van der Waals surface area (Å²) in [5, 5.41) is 0. The molecule has 2 aromatic carbocycles. The third-order valence-electron chi connectivity index (χ3n) is 3.09. The minimum Gasteiger partial charge on any atom is -0.284 e. The van der Waals surface area contributed by atoms with E-state index in [0.717, 1.165) is 13.1 Å². The highest BCUT2D eigenvalue weighted by atomic mass is 15.1. The number of hydrogen-bond acceptors (Lipinski definition) is 1. The SMILES string of the molecule is C#CCN(Cc1ccccc1)Cc1ccc(C)cc1. The summed E-state index contributed by atoms with van der Waals surface area (Å²) < 4.78 is 0. The molecule has 1 nitrogen and oxygen atoms in total. The van der Waals surface area contributed by atoms with Crippen molar-refractivity contribution in [3.8, 4) is 12.3 Å². The average molecular weight is 249 g/mol. The Morgan fingerprint density at radius 1 is 0.895 bits per heavy atom. The van der Waals surface area contributed by atoms with Crippen LogP contribution in [0.25, 0.3) is 0 Å². The second-order valence-electron chi connectivity index (χ2n) is 4.82. The Morgan fingerprint density at radius 3 is 2.05 bits per heavy atom. The van der Waals surface area contributed by atoms with E-state index in [1.807, 2.05) is 6.07 Å². The fraction of sp³-hybridized carbons (Fsp3) is 0.222. The van der Waals surface area contributed by atoms with E-state index in [1.165, 1.54) is 16.7 Å². The molecule has 0 atom stereocenters. The number of terminal acetylenes is 1. The Bertz CT molecular complexity index is 534. The van der Waals surface area contributed by atoms with E-state index in [-0.39, 0.29) is 0 Å². The predicted octanol–water partition coefficient (Wildman–Crippen LogP) is 3.63. The number of hydrogen-bond donors (Lipinski definition) is 0. The van der Waals surface area contributed by atoms with Gasteiger partial charge in [0.05, 0.1) is 6.54 Å². The van der Waals surface area contributed by atoms with Gasteiger partial charge in [-0.15, -0.1) is 6.42 Å². The topological polar surface area (TPSA) is 3.24 Å². The lowest BCUT2D eigenvalue weighted by atomic mass is 10.1. The first kappa shape index (κ1) is 13.4. The van der Waals surface area contributed by atoms with Gasteiger partial charge in [0.25, 0.3) is 0 Å². The summed E-state index contributed by atoms with van der Waals surface area (Å²) in [7, 11) is 0. The lowest BCUT2D eigenvalue weighted by Gasteiger charge is -2.20. The van der Waals surface area contributed by atoms with Crippen molar-refractivity contribution in [3.63, 3.8) is 0 Å². The number of nitrogens with zero attached hydrogens (tertiary/aromatic N) is 1. The first-order valence-corrected chi connectivity index (χ1v) is 6.53. The Balaban J connectivity index is 2.04. The maximum Gasteiger partial charge on any atom is 0.0605 e. The molecule has 0 aliphatic heterocycles. The summed E-state index contributed by atoms with van der Waals surface area (Å²) in [6.07, 6.45) is 5.47. The molecule has 0 spiro atoms. The van der Waals surface area contributed by atoms with Crippen molar-refractivity contribution < 1.29 is 0 Å². The fourth-order valence-electron chi connectivity index (χ4n) is 2.09. The van der Waals surface area contributed by atoms with E-state index in [0.29, 0.717) is 6.54 Å². The third-order valence-corrected chi connectivity index (χ3v) is 3.09. The highest BCUT2D eigenvalue weighted by Crippen LogP contribution is 2.10. The minimum atomic E-state index is 0.669. The molecule has 19 heavy (non-hydrogen) atoms. The van der Waals surface area contributed by atoms with Crippen LogP contribution in [-0.4, -0.2) is 11.4 Å². The van der Waals surface area contributed by atoms with E-state index in [9.17, 15) is 0 Å². The van der Waals surface area contributed by atoms with Gasteiger partial charge in [-0.1, -0.05) is 66.1 Å². The largest absolute Gasteiger partial charge is 0.284 e. The first-order chi connectivity index (χ1) is 9.28. The van der Waals surface area contributed by atoms with Crippen molar-refractivity contribution in [3.05, 3.63) is 71.3 Å². The van der Waals surface area contributed by atoms with Gasteiger partial charge < -0.3 is 0 Å². The standard InChI is InChI=1S/C18H19N/c1-3-13-19(14-17-7-5-4-6-8-17)15-18-11-9-16(2)10-12-18/h1,4-12H,13-15H2,2H3. The molecule has 0 aliphatic carbocycles. The summed E-state index contributed by atoms with van der Waals surface area (Å²) in [5.41, 5.74) is 3.89. The van der Waals surface area contributed by atoms with Gasteiger partial charge in [0, 0.05) is 13.1 Å². The van der Waals surface area contributed by atoms with Crippen molar-refractivity contribution in [1.82, 2.24) is 4.90 Å². The zero-order valence-electron chi connectivity index (χ0n) is 11.3. The van der Waals surface area contributed by atoms with Crippen LogP contribution in [0.3, 0.4) is 0 Å². The van der Waals surface area contributed by atoms with Crippen molar-refractivity contribution in [2.24, 2.45) is 0 Å². The van der Waals surface area contributed by atoms with Crippen LogP contribution in [0.5, 0.6) is 0 Å². The molecule has 0 heterocycles. The normalized spacial score (nSPS) is 10.4. The zero-order valence-corrected chi connectivity index (χ0v) is 11.3. The van der Waals surface area contributed by atoms with Gasteiger partial charge in [-0.25, -0.2) is 0 Å². The summed E-state index contributed by atoms with van der Waals surface area (Å²) >= 11 is 0. The highest BCUT2D eigenvalue weighted by Gasteiger charge is 2.05. The van der Waals surface area contributed by atoms with E-state index in [4.69, 9.17) is 6.42 Å². The second-order valence-corrected chi connectivity index (χ2v) is 4.82. The summed E-state index contributed by atoms with van der Waals surface area (Å²) in [4.78, 5) is 2.28. The van der Waals surface area contributed by atoms with Crippen LogP contribution in [-0.2, 0) is 13.1 Å². The molecular formula is C18H19N. The van der Waals surface area contributed by atoms with Gasteiger partial charge >= 0.3 is 0 Å². The van der Waals surface area contributed by atoms with Crippen LogP contribution in [0, 0.1) is 19.3 Å². The van der Waals surface area contributed by atoms with E-state index < -0.39 is 0 Å². The van der Waals surface area contributed by atoms with Crippen LogP contribution >= 0.6 is 0 Å². The quantitative estimate of drug-likeness (QED) is 0.731. The Kier molecular flexibility index (Phi) is 4.78. The second kappa shape index (κ2) is 6.78. The van der Waals surface area contributed by atoms with Crippen LogP contribution in [0.2, 0.25) is 0 Å². The molecule has 96 valence electrons. The monoisotopic (exact) mass is 249 g/mol. The Labute approximate surface area is 115 Å². The molecule has 0 aliphatic rings. The lowest BCUT2D eigenvalue weighted by molar-refractivity contribution is 0.290. The maximum absolute atomic E-state index is 5.47. The molecule has 0 N–H and O–H groups in total. The maximum atomic E-state index is 5.47. The molecule has 1 heteroatoms. The van der Waals surface area contributed by atoms with E-state index in [1.54, 1.807) is 0 Å². The molecule has 0 amide bonds. The van der Waals surface area contributed by atoms with Gasteiger partial charge in [0.15, 0.2) is 0 Å². The summed E-state index contributed by atoms with van der Waals surface area (Å²) in [6, 6.07) is 19.1. The van der Waals surface area contributed by atoms with Gasteiger partial charge in [-0.05, 0) is 18.1 Å². The van der Waals surface area contributed by atoms with Crippen LogP contribution in [0.15, 0.2) is 54.6 Å². The molecule has 2 aromatic rings. The fourth-order valence-corrected chi connectivity index (χ4v) is 2.09. The molecule has 0 fully saturated rings. The third kappa shape index (κ3) is 4.28.